The summed E-state index contributed by atoms with van der Waals surface area (Å²) in [7, 11) is -3.62. The van der Waals surface area contributed by atoms with Crippen LogP contribution in [-0.2, 0) is 9.09 Å². The second-order valence-electron chi connectivity index (χ2n) is 5.98. The molecule has 0 bridgehead atoms. The predicted molar refractivity (Wildman–Crippen MR) is 90.8 cm³/mol. The fourth-order valence-electron chi connectivity index (χ4n) is 2.54. The normalized spacial score (nSPS) is 17.7. The molecule has 0 aliphatic heterocycles. The van der Waals surface area contributed by atoms with E-state index in [-0.39, 0.29) is 18.7 Å². The SMILES string of the molecule is C=CCOP(=O)(C(O)C(O)CCCCN)N(C(C)C)C(C)C. The lowest BCUT2D eigenvalue weighted by atomic mass is 10.1. The van der Waals surface area contributed by atoms with Crippen LogP contribution in [0.2, 0.25) is 0 Å². The van der Waals surface area contributed by atoms with E-state index in [2.05, 4.69) is 6.58 Å². The van der Waals surface area contributed by atoms with E-state index in [0.29, 0.717) is 19.4 Å². The van der Waals surface area contributed by atoms with Crippen LogP contribution in [0.15, 0.2) is 12.7 Å². The first-order valence-electron chi connectivity index (χ1n) is 7.92. The summed E-state index contributed by atoms with van der Waals surface area (Å²) in [5.74, 6) is -1.45. The van der Waals surface area contributed by atoms with Gasteiger partial charge in [-0.25, -0.2) is 4.67 Å². The van der Waals surface area contributed by atoms with Crippen LogP contribution >= 0.6 is 7.52 Å². The summed E-state index contributed by atoms with van der Waals surface area (Å²) in [5.41, 5.74) is 5.43. The van der Waals surface area contributed by atoms with Gasteiger partial charge in [0.25, 0.3) is 0 Å². The molecule has 0 rings (SSSR count). The summed E-state index contributed by atoms with van der Waals surface area (Å²) < 4.78 is 20.5. The number of nitrogens with two attached hydrogens (primary N) is 1. The third-order valence-corrected chi connectivity index (χ3v) is 6.49. The van der Waals surface area contributed by atoms with Crippen molar-refractivity contribution in [3.05, 3.63) is 12.7 Å². The Morgan fingerprint density at radius 2 is 1.77 bits per heavy atom. The van der Waals surface area contributed by atoms with Gasteiger partial charge >= 0.3 is 7.52 Å². The van der Waals surface area contributed by atoms with E-state index in [0.717, 1.165) is 6.42 Å². The second kappa shape index (κ2) is 10.5. The Kier molecular flexibility index (Phi) is 10.4. The molecule has 0 amide bonds. The maximum absolute atomic E-state index is 13.4. The van der Waals surface area contributed by atoms with Gasteiger partial charge in [0.05, 0.1) is 12.7 Å². The summed E-state index contributed by atoms with van der Waals surface area (Å²) in [6.07, 6.45) is 2.13. The highest BCUT2D eigenvalue weighted by atomic mass is 31.2. The van der Waals surface area contributed by atoms with Crippen LogP contribution in [0, 0.1) is 0 Å². The molecule has 22 heavy (non-hydrogen) atoms. The lowest BCUT2D eigenvalue weighted by molar-refractivity contribution is 0.0397. The zero-order valence-electron chi connectivity index (χ0n) is 14.3. The molecule has 0 spiro atoms. The van der Waals surface area contributed by atoms with E-state index in [1.165, 1.54) is 6.08 Å². The average Bonchev–Trinajstić information content (AvgIpc) is 2.43. The van der Waals surface area contributed by atoms with Crippen molar-refractivity contribution in [1.29, 1.82) is 0 Å². The van der Waals surface area contributed by atoms with E-state index in [1.54, 1.807) is 4.67 Å². The Balaban J connectivity index is 5.29. The third kappa shape index (κ3) is 6.11. The number of aliphatic hydroxyl groups is 2. The van der Waals surface area contributed by atoms with E-state index >= 15 is 0 Å². The second-order valence-corrected chi connectivity index (χ2v) is 8.36. The molecule has 0 aliphatic carbocycles. The van der Waals surface area contributed by atoms with Crippen LogP contribution < -0.4 is 5.73 Å². The molecule has 0 aliphatic rings. The van der Waals surface area contributed by atoms with Gasteiger partial charge in [0.2, 0.25) is 0 Å². The summed E-state index contributed by atoms with van der Waals surface area (Å²) in [4.78, 5) is 0. The first-order chi connectivity index (χ1) is 10.2. The highest BCUT2D eigenvalue weighted by Crippen LogP contribution is 2.57. The molecule has 3 atom stereocenters. The fourth-order valence-corrected chi connectivity index (χ4v) is 5.29. The molecular formula is C15H33N2O4P. The van der Waals surface area contributed by atoms with Crippen molar-refractivity contribution in [3.63, 3.8) is 0 Å². The molecular weight excluding hydrogens is 303 g/mol. The Labute approximate surface area is 134 Å². The fraction of sp³-hybridized carbons (Fsp3) is 0.867. The molecule has 0 heterocycles. The molecule has 0 aromatic carbocycles. The third-order valence-electron chi connectivity index (χ3n) is 3.39. The van der Waals surface area contributed by atoms with Crippen LogP contribution in [0.1, 0.15) is 47.0 Å². The van der Waals surface area contributed by atoms with E-state index in [4.69, 9.17) is 10.3 Å². The van der Waals surface area contributed by atoms with E-state index < -0.39 is 19.5 Å². The summed E-state index contributed by atoms with van der Waals surface area (Å²) in [6.45, 7) is 11.7. The predicted octanol–water partition coefficient (Wildman–Crippen LogP) is 2.31. The molecule has 4 N–H and O–H groups in total. The van der Waals surface area contributed by atoms with Gasteiger partial charge in [-0.3, -0.25) is 4.57 Å². The summed E-state index contributed by atoms with van der Waals surface area (Å²) in [5, 5.41) is 20.7. The minimum atomic E-state index is -3.62. The van der Waals surface area contributed by atoms with Gasteiger partial charge in [-0.05, 0) is 53.5 Å². The standard InChI is InChI=1S/C15H33N2O4P/c1-6-11-21-22(20,17(12(2)3)13(4)5)15(19)14(18)9-7-8-10-16/h6,12-15,18-19H,1,7-11,16H2,2-5H3. The maximum Gasteiger partial charge on any atom is 0.303 e. The Morgan fingerprint density at radius 1 is 1.23 bits per heavy atom. The number of hydrogen-bond acceptors (Lipinski definition) is 5. The van der Waals surface area contributed by atoms with Gasteiger partial charge in [-0.2, -0.15) is 0 Å². The molecule has 0 aromatic rings. The Hall–Kier alpha value is -0.230. The molecule has 0 saturated heterocycles. The van der Waals surface area contributed by atoms with Crippen molar-refractivity contribution in [3.8, 4) is 0 Å². The van der Waals surface area contributed by atoms with Crippen molar-refractivity contribution < 1.29 is 19.3 Å². The number of rotatable bonds is 12. The molecule has 132 valence electrons. The average molecular weight is 336 g/mol. The topological polar surface area (TPSA) is 96.0 Å². The largest absolute Gasteiger partial charge is 0.390 e. The zero-order chi connectivity index (χ0) is 17.3. The van der Waals surface area contributed by atoms with Gasteiger partial charge in [-0.15, -0.1) is 6.58 Å². The Bertz CT molecular complexity index is 355. The molecule has 6 nitrogen and oxygen atoms in total. The Morgan fingerprint density at radius 3 is 2.18 bits per heavy atom. The van der Waals surface area contributed by atoms with Gasteiger partial charge in [0, 0.05) is 12.1 Å². The molecule has 3 unspecified atom stereocenters. The smallest absolute Gasteiger partial charge is 0.303 e. The molecule has 0 aromatic heterocycles. The van der Waals surface area contributed by atoms with Gasteiger partial charge in [-0.1, -0.05) is 6.08 Å². The van der Waals surface area contributed by atoms with Gasteiger partial charge in [0.15, 0.2) is 5.85 Å². The number of hydrogen-bond donors (Lipinski definition) is 3. The highest BCUT2D eigenvalue weighted by Gasteiger charge is 2.45. The van der Waals surface area contributed by atoms with E-state index in [9.17, 15) is 14.8 Å². The molecule has 0 radical (unpaired) electrons. The highest BCUT2D eigenvalue weighted by molar-refractivity contribution is 7.57. The van der Waals surface area contributed by atoms with Crippen LogP contribution in [0.25, 0.3) is 0 Å². The zero-order valence-corrected chi connectivity index (χ0v) is 15.2. The van der Waals surface area contributed by atoms with Crippen molar-refractivity contribution in [2.24, 2.45) is 5.73 Å². The minimum Gasteiger partial charge on any atom is -0.390 e. The van der Waals surface area contributed by atoms with Crippen LogP contribution in [0.3, 0.4) is 0 Å². The van der Waals surface area contributed by atoms with Gasteiger partial charge in [0.1, 0.15) is 0 Å². The molecule has 7 heteroatoms. The summed E-state index contributed by atoms with van der Waals surface area (Å²) >= 11 is 0. The number of aliphatic hydroxyl groups excluding tert-OH is 2. The first-order valence-corrected chi connectivity index (χ1v) is 9.57. The number of nitrogens with zero attached hydrogens (tertiary/aromatic N) is 1. The molecule has 0 fully saturated rings. The first kappa shape index (κ1) is 21.8. The van der Waals surface area contributed by atoms with Crippen molar-refractivity contribution in [2.75, 3.05) is 13.2 Å². The van der Waals surface area contributed by atoms with Crippen molar-refractivity contribution in [1.82, 2.24) is 4.67 Å². The van der Waals surface area contributed by atoms with Crippen molar-refractivity contribution in [2.45, 2.75) is 71.0 Å². The van der Waals surface area contributed by atoms with Crippen LogP contribution in [0.4, 0.5) is 0 Å². The monoisotopic (exact) mass is 336 g/mol. The van der Waals surface area contributed by atoms with Crippen LogP contribution in [-0.4, -0.2) is 52.1 Å². The van der Waals surface area contributed by atoms with Gasteiger partial charge < -0.3 is 20.5 Å². The lowest BCUT2D eigenvalue weighted by Gasteiger charge is -2.40. The lowest BCUT2D eigenvalue weighted by Crippen LogP contribution is -2.41. The minimum absolute atomic E-state index is 0.0554. The quantitative estimate of drug-likeness (QED) is 0.287. The van der Waals surface area contributed by atoms with Crippen molar-refractivity contribution >= 4 is 7.52 Å². The van der Waals surface area contributed by atoms with Crippen LogP contribution in [0.5, 0.6) is 0 Å². The van der Waals surface area contributed by atoms with E-state index in [1.807, 2.05) is 27.7 Å². The number of unbranched alkanes of at least 4 members (excludes halogenated alkanes) is 1. The summed E-state index contributed by atoms with van der Waals surface area (Å²) in [6, 6.07) is -0.192. The maximum atomic E-state index is 13.4. The molecule has 0 saturated carbocycles.